The highest BCUT2D eigenvalue weighted by Gasteiger charge is 2.38. The third kappa shape index (κ3) is 4.89. The second-order valence-electron chi connectivity index (χ2n) is 5.01. The average molecular weight is 366 g/mol. The summed E-state index contributed by atoms with van der Waals surface area (Å²) in [7, 11) is 0. The van der Waals surface area contributed by atoms with Gasteiger partial charge in [0.15, 0.2) is 0 Å². The lowest BCUT2D eigenvalue weighted by atomic mass is 10.0. The molecule has 10 heteroatoms. The molecular weight excluding hydrogens is 354 g/mol. The molecule has 2 amide bonds. The van der Waals surface area contributed by atoms with Gasteiger partial charge in [0.2, 0.25) is 5.91 Å². The molecule has 0 aromatic heterocycles. The van der Waals surface area contributed by atoms with E-state index in [0.29, 0.717) is 4.90 Å². The molecule has 0 fully saturated rings. The number of terminal acetylenes is 1. The van der Waals surface area contributed by atoms with Gasteiger partial charge in [0.25, 0.3) is 5.91 Å². The quantitative estimate of drug-likeness (QED) is 0.658. The lowest BCUT2D eigenvalue weighted by molar-refractivity contribution is -0.143. The van der Waals surface area contributed by atoms with Crippen molar-refractivity contribution in [3.05, 3.63) is 34.9 Å². The van der Waals surface area contributed by atoms with Crippen molar-refractivity contribution in [2.45, 2.75) is 25.3 Å². The molecule has 2 N–H and O–H groups in total. The molecule has 1 aromatic carbocycles. The fourth-order valence-electron chi connectivity index (χ4n) is 1.88. The number of carbonyl (C=O) groups excluding carboxylic acids is 2. The van der Waals surface area contributed by atoms with Crippen molar-refractivity contribution >= 4 is 11.8 Å². The minimum absolute atomic E-state index is 0.111. The molecule has 136 valence electrons. The van der Waals surface area contributed by atoms with Gasteiger partial charge in [-0.05, 0) is 25.1 Å². The standard InChI is InChI=1S/C15H12F6N2O2/c1-3-4-23(8(2)12(22)24)13(25)9-5-10(14(16,17)18)7-11(6-9)15(19,20)21/h1,5-8H,4H2,2H3,(H2,22,24). The van der Waals surface area contributed by atoms with Crippen LogP contribution >= 0.6 is 0 Å². The molecule has 1 atom stereocenters. The first kappa shape index (κ1) is 20.3. The highest BCUT2D eigenvalue weighted by atomic mass is 19.4. The molecule has 0 aliphatic rings. The Morgan fingerprint density at radius 1 is 1.12 bits per heavy atom. The van der Waals surface area contributed by atoms with Crippen LogP contribution in [0.1, 0.15) is 28.4 Å². The van der Waals surface area contributed by atoms with Crippen LogP contribution in [0, 0.1) is 12.3 Å². The van der Waals surface area contributed by atoms with Gasteiger partial charge >= 0.3 is 12.4 Å². The van der Waals surface area contributed by atoms with E-state index < -0.39 is 53.4 Å². The second-order valence-corrected chi connectivity index (χ2v) is 5.01. The summed E-state index contributed by atoms with van der Waals surface area (Å²) in [6.45, 7) is 0.621. The monoisotopic (exact) mass is 366 g/mol. The molecule has 4 nitrogen and oxygen atoms in total. The number of nitrogens with zero attached hydrogens (tertiary/aromatic N) is 1. The largest absolute Gasteiger partial charge is 0.416 e. The summed E-state index contributed by atoms with van der Waals surface area (Å²) < 4.78 is 77.0. The van der Waals surface area contributed by atoms with Gasteiger partial charge in [-0.1, -0.05) is 5.92 Å². The van der Waals surface area contributed by atoms with Crippen LogP contribution in [0.5, 0.6) is 0 Å². The van der Waals surface area contributed by atoms with E-state index in [0.717, 1.165) is 6.92 Å². The predicted molar refractivity (Wildman–Crippen MR) is 75.0 cm³/mol. The molecule has 0 radical (unpaired) electrons. The zero-order valence-corrected chi connectivity index (χ0v) is 12.7. The van der Waals surface area contributed by atoms with Gasteiger partial charge < -0.3 is 10.6 Å². The Hall–Kier alpha value is -2.70. The molecule has 0 saturated carbocycles. The summed E-state index contributed by atoms with van der Waals surface area (Å²) in [5.41, 5.74) is 0.799. The summed E-state index contributed by atoms with van der Waals surface area (Å²) in [6, 6.07) is -0.920. The highest BCUT2D eigenvalue weighted by Crippen LogP contribution is 2.36. The van der Waals surface area contributed by atoms with Crippen LogP contribution in [0.4, 0.5) is 26.3 Å². The van der Waals surface area contributed by atoms with Crippen LogP contribution in [0.15, 0.2) is 18.2 Å². The van der Waals surface area contributed by atoms with E-state index in [1.807, 2.05) is 5.92 Å². The number of hydrogen-bond acceptors (Lipinski definition) is 2. The minimum Gasteiger partial charge on any atom is -0.368 e. The van der Waals surface area contributed by atoms with Gasteiger partial charge in [0.05, 0.1) is 17.7 Å². The van der Waals surface area contributed by atoms with E-state index >= 15 is 0 Å². The zero-order valence-electron chi connectivity index (χ0n) is 12.7. The molecule has 0 heterocycles. The third-order valence-electron chi connectivity index (χ3n) is 3.24. The van der Waals surface area contributed by atoms with Gasteiger partial charge in [-0.3, -0.25) is 9.59 Å². The molecular formula is C15H12F6N2O2. The van der Waals surface area contributed by atoms with Crippen LogP contribution in [0.3, 0.4) is 0 Å². The number of halogens is 6. The van der Waals surface area contributed by atoms with E-state index in [9.17, 15) is 35.9 Å². The lowest BCUT2D eigenvalue weighted by Gasteiger charge is -2.26. The molecule has 0 bridgehead atoms. The average Bonchev–Trinajstić information content (AvgIpc) is 2.49. The number of rotatable bonds is 4. The molecule has 0 saturated heterocycles. The number of nitrogens with two attached hydrogens (primary N) is 1. The van der Waals surface area contributed by atoms with Gasteiger partial charge in [-0.25, -0.2) is 0 Å². The van der Waals surface area contributed by atoms with Gasteiger partial charge in [0.1, 0.15) is 6.04 Å². The van der Waals surface area contributed by atoms with Crippen LogP contribution < -0.4 is 5.73 Å². The number of hydrogen-bond donors (Lipinski definition) is 1. The second kappa shape index (κ2) is 7.04. The SMILES string of the molecule is C#CCN(C(=O)c1cc(C(F)(F)F)cc(C(F)(F)F)c1)C(C)C(N)=O. The van der Waals surface area contributed by atoms with Crippen molar-refractivity contribution in [3.8, 4) is 12.3 Å². The molecule has 0 aliphatic heterocycles. The summed E-state index contributed by atoms with van der Waals surface area (Å²) in [5.74, 6) is -0.302. The summed E-state index contributed by atoms with van der Waals surface area (Å²) in [6.07, 6.45) is -5.19. The number of amides is 2. The third-order valence-corrected chi connectivity index (χ3v) is 3.24. The maximum Gasteiger partial charge on any atom is 0.416 e. The molecule has 1 rings (SSSR count). The molecule has 25 heavy (non-hydrogen) atoms. The van der Waals surface area contributed by atoms with Gasteiger partial charge in [-0.2, -0.15) is 26.3 Å². The fraction of sp³-hybridized carbons (Fsp3) is 0.333. The Morgan fingerprint density at radius 3 is 1.88 bits per heavy atom. The number of primary amides is 1. The summed E-state index contributed by atoms with van der Waals surface area (Å²) >= 11 is 0. The van der Waals surface area contributed by atoms with E-state index in [4.69, 9.17) is 12.2 Å². The molecule has 1 unspecified atom stereocenters. The number of benzene rings is 1. The van der Waals surface area contributed by atoms with Crippen molar-refractivity contribution in [3.63, 3.8) is 0 Å². The smallest absolute Gasteiger partial charge is 0.368 e. The first-order valence-electron chi connectivity index (χ1n) is 6.62. The fourth-order valence-corrected chi connectivity index (χ4v) is 1.88. The molecule has 1 aromatic rings. The van der Waals surface area contributed by atoms with Gasteiger partial charge in [0, 0.05) is 5.56 Å². The van der Waals surface area contributed by atoms with Crippen molar-refractivity contribution in [2.75, 3.05) is 6.54 Å². The zero-order chi connectivity index (χ0) is 19.6. The number of carbonyl (C=O) groups is 2. The van der Waals surface area contributed by atoms with Crippen LogP contribution in [-0.2, 0) is 17.1 Å². The summed E-state index contributed by atoms with van der Waals surface area (Å²) in [4.78, 5) is 24.1. The Labute approximate surface area is 138 Å². The van der Waals surface area contributed by atoms with E-state index in [1.165, 1.54) is 0 Å². The van der Waals surface area contributed by atoms with E-state index in [-0.39, 0.29) is 18.2 Å². The lowest BCUT2D eigenvalue weighted by Crippen LogP contribution is -2.46. The Kier molecular flexibility index (Phi) is 5.73. The minimum atomic E-state index is -5.11. The first-order chi connectivity index (χ1) is 11.3. The number of alkyl halides is 6. The first-order valence-corrected chi connectivity index (χ1v) is 6.62. The Bertz CT molecular complexity index is 686. The van der Waals surface area contributed by atoms with Crippen LogP contribution in [0.2, 0.25) is 0 Å². The van der Waals surface area contributed by atoms with Crippen LogP contribution in [0.25, 0.3) is 0 Å². The van der Waals surface area contributed by atoms with Crippen LogP contribution in [-0.4, -0.2) is 29.3 Å². The highest BCUT2D eigenvalue weighted by molar-refractivity contribution is 5.97. The van der Waals surface area contributed by atoms with Gasteiger partial charge in [-0.15, -0.1) is 6.42 Å². The predicted octanol–water partition coefficient (Wildman–Crippen LogP) is 2.67. The van der Waals surface area contributed by atoms with E-state index in [2.05, 4.69) is 0 Å². The molecule has 0 spiro atoms. The van der Waals surface area contributed by atoms with Crippen molar-refractivity contribution in [2.24, 2.45) is 5.73 Å². The topological polar surface area (TPSA) is 63.4 Å². The maximum absolute atomic E-state index is 12.8. The van der Waals surface area contributed by atoms with E-state index in [1.54, 1.807) is 0 Å². The Balaban J connectivity index is 3.50. The molecule has 0 aliphatic carbocycles. The normalized spacial score (nSPS) is 13.0. The van der Waals surface area contributed by atoms with Crippen molar-refractivity contribution in [1.82, 2.24) is 4.90 Å². The van der Waals surface area contributed by atoms with Crippen molar-refractivity contribution in [1.29, 1.82) is 0 Å². The van der Waals surface area contributed by atoms with Crippen molar-refractivity contribution < 1.29 is 35.9 Å². The Morgan fingerprint density at radius 2 is 1.56 bits per heavy atom. The maximum atomic E-state index is 12.8. The summed E-state index contributed by atoms with van der Waals surface area (Å²) in [5, 5.41) is 0.